The summed E-state index contributed by atoms with van der Waals surface area (Å²) < 4.78 is 20.8. The molecule has 1 atom stereocenters. The highest BCUT2D eigenvalue weighted by Gasteiger charge is 2.20. The van der Waals surface area contributed by atoms with Gasteiger partial charge in [-0.25, -0.2) is 4.39 Å². The molecule has 0 amide bonds. The van der Waals surface area contributed by atoms with Crippen molar-refractivity contribution in [1.82, 2.24) is 0 Å². The quantitative estimate of drug-likeness (QED) is 0.531. The predicted molar refractivity (Wildman–Crippen MR) is 85.6 cm³/mol. The van der Waals surface area contributed by atoms with E-state index < -0.39 is 0 Å². The molecule has 2 rings (SSSR count). The van der Waals surface area contributed by atoms with Crippen LogP contribution in [0.4, 0.5) is 4.39 Å². The van der Waals surface area contributed by atoms with Crippen molar-refractivity contribution in [1.29, 1.82) is 0 Å². The minimum atomic E-state index is -0.280. The van der Waals surface area contributed by atoms with Gasteiger partial charge < -0.3 is 4.74 Å². The number of ether oxygens (including phenoxy) is 1. The van der Waals surface area contributed by atoms with Crippen LogP contribution in [0.25, 0.3) is 0 Å². The van der Waals surface area contributed by atoms with Gasteiger partial charge in [0, 0.05) is 15.6 Å². The third-order valence-electron chi connectivity index (χ3n) is 2.72. The van der Waals surface area contributed by atoms with Crippen molar-refractivity contribution in [2.75, 3.05) is 7.11 Å². The van der Waals surface area contributed by atoms with Crippen LogP contribution in [0.1, 0.15) is 16.0 Å². The normalized spacial score (nSPS) is 12.3. The summed E-state index contributed by atoms with van der Waals surface area (Å²) in [5.74, 6) is 0.441. The van der Waals surface area contributed by atoms with Crippen LogP contribution in [0, 0.1) is 5.82 Å². The Hall–Kier alpha value is -0.390. The van der Waals surface area contributed by atoms with Crippen molar-refractivity contribution < 1.29 is 9.13 Å². The molecule has 2 aromatic rings. The molecule has 0 aliphatic carbocycles. The molecule has 100 valence electrons. The van der Waals surface area contributed by atoms with E-state index in [4.69, 9.17) is 4.74 Å². The fourth-order valence-corrected chi connectivity index (χ4v) is 3.26. The molecule has 0 saturated carbocycles. The lowest BCUT2D eigenvalue weighted by molar-refractivity contribution is 0.410. The predicted octanol–water partition coefficient (Wildman–Crippen LogP) is 5.84. The van der Waals surface area contributed by atoms with Gasteiger partial charge in [0.15, 0.2) is 0 Å². The topological polar surface area (TPSA) is 9.23 Å². The lowest BCUT2D eigenvalue weighted by Gasteiger charge is -2.16. The Kier molecular flexibility index (Phi) is 5.03. The maximum atomic E-state index is 14.1. The van der Waals surface area contributed by atoms with E-state index in [0.717, 1.165) is 10.0 Å². The highest BCUT2D eigenvalue weighted by atomic mass is 79.9. The van der Waals surface area contributed by atoms with E-state index in [1.54, 1.807) is 25.3 Å². The van der Waals surface area contributed by atoms with Gasteiger partial charge in [0.05, 0.1) is 16.4 Å². The lowest BCUT2D eigenvalue weighted by atomic mass is 10.0. The van der Waals surface area contributed by atoms with E-state index in [9.17, 15) is 4.39 Å². The van der Waals surface area contributed by atoms with Gasteiger partial charge in [0.1, 0.15) is 11.6 Å². The Balaban J connectivity index is 2.52. The smallest absolute Gasteiger partial charge is 0.142 e. The number of benzene rings is 2. The van der Waals surface area contributed by atoms with Crippen LogP contribution in [0.5, 0.6) is 5.75 Å². The van der Waals surface area contributed by atoms with E-state index in [1.165, 1.54) is 0 Å². The molecule has 0 aromatic heterocycles. The van der Waals surface area contributed by atoms with Crippen LogP contribution >= 0.6 is 47.8 Å². The van der Waals surface area contributed by atoms with Crippen LogP contribution in [-0.2, 0) is 0 Å². The number of halogens is 4. The monoisotopic (exact) mass is 450 g/mol. The zero-order valence-electron chi connectivity index (χ0n) is 9.96. The molecule has 0 bridgehead atoms. The maximum Gasteiger partial charge on any atom is 0.142 e. The van der Waals surface area contributed by atoms with Crippen LogP contribution in [0.3, 0.4) is 0 Å². The summed E-state index contributed by atoms with van der Waals surface area (Å²) in [6.07, 6.45) is 0. The molecular weight excluding hydrogens is 443 g/mol. The summed E-state index contributed by atoms with van der Waals surface area (Å²) in [4.78, 5) is -0.280. The van der Waals surface area contributed by atoms with Gasteiger partial charge in [-0.15, -0.1) is 0 Å². The molecule has 19 heavy (non-hydrogen) atoms. The fraction of sp³-hybridized carbons (Fsp3) is 0.143. The van der Waals surface area contributed by atoms with Crippen LogP contribution < -0.4 is 4.74 Å². The Morgan fingerprint density at radius 3 is 2.53 bits per heavy atom. The van der Waals surface area contributed by atoms with Crippen molar-refractivity contribution in [3.05, 3.63) is 62.3 Å². The Morgan fingerprint density at radius 2 is 1.84 bits per heavy atom. The number of rotatable bonds is 3. The third-order valence-corrected chi connectivity index (χ3v) is 4.81. The molecule has 1 unspecified atom stereocenters. The summed E-state index contributed by atoms with van der Waals surface area (Å²) in [6.45, 7) is 0. The lowest BCUT2D eigenvalue weighted by Crippen LogP contribution is -2.00. The molecule has 0 radical (unpaired) electrons. The molecule has 0 heterocycles. The standard InChI is InChI=1S/C14H10Br3FO/c1-19-12-6-5-8(15)7-10(12)13(17)9-3-2-4-11(16)14(9)18/h2-7,13H,1H3. The zero-order valence-corrected chi connectivity index (χ0v) is 14.7. The molecule has 5 heteroatoms. The molecule has 0 saturated heterocycles. The van der Waals surface area contributed by atoms with Crippen LogP contribution in [0.15, 0.2) is 45.3 Å². The van der Waals surface area contributed by atoms with Gasteiger partial charge in [-0.05, 0) is 40.2 Å². The third kappa shape index (κ3) is 3.20. The second-order valence-corrected chi connectivity index (χ2v) is 6.58. The van der Waals surface area contributed by atoms with Crippen molar-refractivity contribution >= 4 is 47.8 Å². The first-order valence-corrected chi connectivity index (χ1v) is 7.96. The first-order chi connectivity index (χ1) is 9.04. The molecule has 2 aromatic carbocycles. The van der Waals surface area contributed by atoms with E-state index in [-0.39, 0.29) is 10.6 Å². The van der Waals surface area contributed by atoms with Gasteiger partial charge in [-0.2, -0.15) is 0 Å². The van der Waals surface area contributed by atoms with Crippen molar-refractivity contribution in [2.24, 2.45) is 0 Å². The minimum absolute atomic E-state index is 0.272. The summed E-state index contributed by atoms with van der Waals surface area (Å²) in [5, 5.41) is 0. The average molecular weight is 453 g/mol. The van der Waals surface area contributed by atoms with Crippen LogP contribution in [-0.4, -0.2) is 7.11 Å². The fourth-order valence-electron chi connectivity index (χ4n) is 1.79. The Labute approximate surface area is 136 Å². The van der Waals surface area contributed by atoms with Crippen molar-refractivity contribution in [3.63, 3.8) is 0 Å². The van der Waals surface area contributed by atoms with Crippen LogP contribution in [0.2, 0.25) is 0 Å². The number of methoxy groups -OCH3 is 1. The van der Waals surface area contributed by atoms with Gasteiger partial charge in [0.25, 0.3) is 0 Å². The molecule has 0 fully saturated rings. The molecule has 0 aliphatic rings. The number of hydrogen-bond acceptors (Lipinski definition) is 1. The summed E-state index contributed by atoms with van der Waals surface area (Å²) >= 11 is 10.2. The average Bonchev–Trinajstić information content (AvgIpc) is 2.41. The summed E-state index contributed by atoms with van der Waals surface area (Å²) in [6, 6.07) is 10.9. The van der Waals surface area contributed by atoms with Gasteiger partial charge in [0.2, 0.25) is 0 Å². The number of hydrogen-bond donors (Lipinski definition) is 0. The van der Waals surface area contributed by atoms with Gasteiger partial charge >= 0.3 is 0 Å². The van der Waals surface area contributed by atoms with Gasteiger partial charge in [-0.3, -0.25) is 0 Å². The highest BCUT2D eigenvalue weighted by molar-refractivity contribution is 9.11. The highest BCUT2D eigenvalue weighted by Crippen LogP contribution is 2.40. The Bertz CT molecular complexity index is 601. The number of alkyl halides is 1. The second kappa shape index (κ2) is 6.37. The van der Waals surface area contributed by atoms with Crippen molar-refractivity contribution in [2.45, 2.75) is 4.83 Å². The summed E-state index contributed by atoms with van der Waals surface area (Å²) in [7, 11) is 1.60. The molecule has 0 spiro atoms. The maximum absolute atomic E-state index is 14.1. The SMILES string of the molecule is COc1ccc(Br)cc1C(Br)c1cccc(Br)c1F. The largest absolute Gasteiger partial charge is 0.496 e. The van der Waals surface area contributed by atoms with E-state index in [2.05, 4.69) is 47.8 Å². The molecule has 0 aliphatic heterocycles. The van der Waals surface area contributed by atoms with E-state index in [0.29, 0.717) is 15.8 Å². The Morgan fingerprint density at radius 1 is 1.11 bits per heavy atom. The first-order valence-electron chi connectivity index (χ1n) is 5.46. The summed E-state index contributed by atoms with van der Waals surface area (Å²) in [5.41, 5.74) is 1.43. The molecular formula is C14H10Br3FO. The molecule has 0 N–H and O–H groups in total. The van der Waals surface area contributed by atoms with E-state index in [1.807, 2.05) is 18.2 Å². The van der Waals surface area contributed by atoms with E-state index >= 15 is 0 Å². The van der Waals surface area contributed by atoms with Crippen molar-refractivity contribution in [3.8, 4) is 5.75 Å². The first kappa shape index (κ1) is 15.0. The second-order valence-electron chi connectivity index (χ2n) is 3.89. The van der Waals surface area contributed by atoms with Gasteiger partial charge in [-0.1, -0.05) is 44.0 Å². The zero-order chi connectivity index (χ0) is 14.0. The minimum Gasteiger partial charge on any atom is -0.496 e. The molecule has 1 nitrogen and oxygen atoms in total.